The van der Waals surface area contributed by atoms with Gasteiger partial charge >= 0.3 is 5.97 Å². The van der Waals surface area contributed by atoms with Crippen molar-refractivity contribution in [2.45, 2.75) is 17.3 Å². The first-order valence-corrected chi connectivity index (χ1v) is 8.80. The van der Waals surface area contributed by atoms with E-state index in [-0.39, 0.29) is 5.56 Å². The molecule has 1 heterocycles. The maximum atomic E-state index is 13.1. The number of esters is 1. The molecule has 0 fully saturated rings. The summed E-state index contributed by atoms with van der Waals surface area (Å²) in [5, 5.41) is 0.772. The Morgan fingerprint density at radius 1 is 1.20 bits per heavy atom. The van der Waals surface area contributed by atoms with Crippen molar-refractivity contribution in [3.63, 3.8) is 0 Å². The summed E-state index contributed by atoms with van der Waals surface area (Å²) in [6.07, 6.45) is 0. The largest absolute Gasteiger partial charge is 0.468 e. The molecule has 1 aromatic heterocycles. The molecule has 0 bridgehead atoms. The number of carbonyl (C=O) groups is 1. The van der Waals surface area contributed by atoms with Gasteiger partial charge in [-0.25, -0.2) is 4.98 Å². The zero-order valence-corrected chi connectivity index (χ0v) is 15.2. The zero-order valence-electron chi connectivity index (χ0n) is 13.6. The fraction of sp³-hybridized carbons (Fsp3) is 0.167. The van der Waals surface area contributed by atoms with Crippen molar-refractivity contribution >= 4 is 40.2 Å². The highest BCUT2D eigenvalue weighted by molar-refractivity contribution is 8.00. The standard InChI is InChI=1S/C18H15ClN2O3S/c1-11(17(23)24-2)25-18-20-14-9-5-3-7-12(14)16(22)21(18)15-10-6-4-8-13(15)19/h3-11H,1-2H3/t11-/m1/s1. The van der Waals surface area contributed by atoms with Crippen LogP contribution in [0.4, 0.5) is 0 Å². The number of hydrogen-bond donors (Lipinski definition) is 0. The van der Waals surface area contributed by atoms with Gasteiger partial charge in [-0.2, -0.15) is 0 Å². The summed E-state index contributed by atoms with van der Waals surface area (Å²) in [6, 6.07) is 14.1. The minimum atomic E-state index is -0.521. The Bertz CT molecular complexity index is 1000. The van der Waals surface area contributed by atoms with Crippen molar-refractivity contribution < 1.29 is 9.53 Å². The van der Waals surface area contributed by atoms with Crippen LogP contribution in [0.3, 0.4) is 0 Å². The topological polar surface area (TPSA) is 61.2 Å². The number of rotatable bonds is 4. The van der Waals surface area contributed by atoms with E-state index in [1.165, 1.54) is 11.7 Å². The summed E-state index contributed by atoms with van der Waals surface area (Å²) in [5.41, 5.74) is 0.848. The lowest BCUT2D eigenvalue weighted by molar-refractivity contribution is -0.139. The third kappa shape index (κ3) is 3.41. The first-order chi connectivity index (χ1) is 12.0. The zero-order chi connectivity index (χ0) is 18.0. The quantitative estimate of drug-likeness (QED) is 0.396. The van der Waals surface area contributed by atoms with Crippen LogP contribution in [-0.2, 0) is 9.53 Å². The first-order valence-electron chi connectivity index (χ1n) is 7.54. The van der Waals surface area contributed by atoms with Crippen LogP contribution in [0.25, 0.3) is 16.6 Å². The fourth-order valence-corrected chi connectivity index (χ4v) is 3.58. The predicted octanol–water partition coefficient (Wildman–Crippen LogP) is 3.69. The maximum absolute atomic E-state index is 13.1. The van der Waals surface area contributed by atoms with Gasteiger partial charge < -0.3 is 4.74 Å². The van der Waals surface area contributed by atoms with Crippen molar-refractivity contribution in [2.75, 3.05) is 7.11 Å². The van der Waals surface area contributed by atoms with Crippen molar-refractivity contribution in [2.24, 2.45) is 0 Å². The van der Waals surface area contributed by atoms with Gasteiger partial charge in [0, 0.05) is 0 Å². The van der Waals surface area contributed by atoms with Gasteiger partial charge in [-0.1, -0.05) is 47.6 Å². The normalized spacial score (nSPS) is 12.1. The van der Waals surface area contributed by atoms with Crippen LogP contribution in [0.15, 0.2) is 58.5 Å². The number of aromatic nitrogens is 2. The van der Waals surface area contributed by atoms with Crippen LogP contribution < -0.4 is 5.56 Å². The Morgan fingerprint density at radius 2 is 1.88 bits per heavy atom. The molecule has 0 aliphatic rings. The fourth-order valence-electron chi connectivity index (χ4n) is 2.41. The van der Waals surface area contributed by atoms with Gasteiger partial charge in [-0.3, -0.25) is 14.2 Å². The van der Waals surface area contributed by atoms with Crippen LogP contribution >= 0.6 is 23.4 Å². The molecule has 0 saturated heterocycles. The molecule has 5 nitrogen and oxygen atoms in total. The molecule has 2 aromatic carbocycles. The highest BCUT2D eigenvalue weighted by Gasteiger charge is 2.21. The van der Waals surface area contributed by atoms with E-state index in [2.05, 4.69) is 4.98 Å². The Hall–Kier alpha value is -2.31. The SMILES string of the molecule is COC(=O)[C@@H](C)Sc1nc2ccccc2c(=O)n1-c1ccccc1Cl. The predicted molar refractivity (Wildman–Crippen MR) is 99.7 cm³/mol. The van der Waals surface area contributed by atoms with Gasteiger partial charge in [0.05, 0.1) is 28.7 Å². The van der Waals surface area contributed by atoms with Crippen LogP contribution in [0.5, 0.6) is 0 Å². The van der Waals surface area contributed by atoms with E-state index < -0.39 is 11.2 Å². The molecule has 0 aliphatic heterocycles. The van der Waals surface area contributed by atoms with Gasteiger partial charge in [0.25, 0.3) is 5.56 Å². The van der Waals surface area contributed by atoms with E-state index in [4.69, 9.17) is 16.3 Å². The third-order valence-electron chi connectivity index (χ3n) is 3.65. The molecule has 0 spiro atoms. The molecular formula is C18H15ClN2O3S. The molecule has 0 N–H and O–H groups in total. The molecule has 128 valence electrons. The van der Waals surface area contributed by atoms with E-state index in [0.717, 1.165) is 11.8 Å². The summed E-state index contributed by atoms with van der Waals surface area (Å²) in [7, 11) is 1.33. The molecule has 3 aromatic rings. The van der Waals surface area contributed by atoms with Crippen molar-refractivity contribution in [1.29, 1.82) is 0 Å². The molecule has 25 heavy (non-hydrogen) atoms. The smallest absolute Gasteiger partial charge is 0.318 e. The average molecular weight is 375 g/mol. The number of hydrogen-bond acceptors (Lipinski definition) is 5. The summed E-state index contributed by atoms with van der Waals surface area (Å²) < 4.78 is 6.21. The van der Waals surface area contributed by atoms with Crippen LogP contribution in [0, 0.1) is 0 Å². The molecule has 0 radical (unpaired) electrons. The van der Waals surface area contributed by atoms with Crippen molar-refractivity contribution in [1.82, 2.24) is 9.55 Å². The van der Waals surface area contributed by atoms with E-state index in [1.807, 2.05) is 6.07 Å². The summed E-state index contributed by atoms with van der Waals surface area (Å²) >= 11 is 7.45. The second-order valence-corrected chi connectivity index (χ2v) is 7.00. The number of ether oxygens (including phenoxy) is 1. The Morgan fingerprint density at radius 3 is 2.60 bits per heavy atom. The number of thioether (sulfide) groups is 1. The second kappa shape index (κ2) is 7.29. The van der Waals surface area contributed by atoms with Crippen LogP contribution in [0.1, 0.15) is 6.92 Å². The highest BCUT2D eigenvalue weighted by atomic mass is 35.5. The Kier molecular flexibility index (Phi) is 5.11. The Labute approximate surface area is 153 Å². The number of halogens is 1. The van der Waals surface area contributed by atoms with Gasteiger partial charge in [0.2, 0.25) is 0 Å². The molecule has 7 heteroatoms. The van der Waals surface area contributed by atoms with Gasteiger partial charge in [-0.15, -0.1) is 0 Å². The molecule has 1 atom stereocenters. The lowest BCUT2D eigenvalue weighted by Gasteiger charge is -2.16. The van der Waals surface area contributed by atoms with Gasteiger partial charge in [-0.05, 0) is 31.2 Å². The van der Waals surface area contributed by atoms with Crippen molar-refractivity contribution in [3.8, 4) is 5.69 Å². The molecule has 3 rings (SSSR count). The number of benzene rings is 2. The summed E-state index contributed by atoms with van der Waals surface area (Å²) in [6.45, 7) is 1.70. The second-order valence-electron chi connectivity index (χ2n) is 5.29. The minimum Gasteiger partial charge on any atom is -0.468 e. The lowest BCUT2D eigenvalue weighted by atomic mass is 10.2. The average Bonchev–Trinajstić information content (AvgIpc) is 2.62. The first kappa shape index (κ1) is 17.5. The lowest BCUT2D eigenvalue weighted by Crippen LogP contribution is -2.24. The number of fused-ring (bicyclic) bond motifs is 1. The number of carbonyl (C=O) groups excluding carboxylic acids is 1. The van der Waals surface area contributed by atoms with E-state index in [1.54, 1.807) is 49.4 Å². The highest BCUT2D eigenvalue weighted by Crippen LogP contribution is 2.28. The number of methoxy groups -OCH3 is 1. The van der Waals surface area contributed by atoms with Crippen molar-refractivity contribution in [3.05, 3.63) is 63.9 Å². The van der Waals surface area contributed by atoms with Gasteiger partial charge in [0.15, 0.2) is 5.16 Å². The van der Waals surface area contributed by atoms with E-state index in [0.29, 0.717) is 26.8 Å². The molecule has 0 amide bonds. The maximum Gasteiger partial charge on any atom is 0.318 e. The summed E-state index contributed by atoms with van der Waals surface area (Å²) in [4.78, 5) is 29.4. The number of para-hydroxylation sites is 2. The molecule has 0 saturated carbocycles. The minimum absolute atomic E-state index is 0.238. The van der Waals surface area contributed by atoms with E-state index >= 15 is 0 Å². The Balaban J connectivity index is 2.27. The summed E-state index contributed by atoms with van der Waals surface area (Å²) in [5.74, 6) is -0.391. The monoisotopic (exact) mass is 374 g/mol. The van der Waals surface area contributed by atoms with Crippen LogP contribution in [0.2, 0.25) is 5.02 Å². The van der Waals surface area contributed by atoms with Crippen LogP contribution in [-0.4, -0.2) is 27.9 Å². The third-order valence-corrected chi connectivity index (χ3v) is 5.00. The number of nitrogens with zero attached hydrogens (tertiary/aromatic N) is 2. The molecule has 0 aliphatic carbocycles. The van der Waals surface area contributed by atoms with Gasteiger partial charge in [0.1, 0.15) is 5.25 Å². The van der Waals surface area contributed by atoms with E-state index in [9.17, 15) is 9.59 Å². The molecular weight excluding hydrogens is 360 g/mol. The molecule has 0 unspecified atom stereocenters.